The predicted molar refractivity (Wildman–Crippen MR) is 57.5 cm³/mol. The monoisotopic (exact) mass is 206 g/mol. The summed E-state index contributed by atoms with van der Waals surface area (Å²) >= 11 is 8.53. The van der Waals surface area contributed by atoms with Crippen LogP contribution in [0.5, 0.6) is 0 Å². The maximum Gasteiger partial charge on any atom is 0.104 e. The molecule has 1 aliphatic heterocycles. The highest BCUT2D eigenvalue weighted by atomic mass is 32.2. The van der Waals surface area contributed by atoms with E-state index in [9.17, 15) is 0 Å². The molecule has 0 saturated carbocycles. The molecule has 1 fully saturated rings. The zero-order valence-corrected chi connectivity index (χ0v) is 8.57. The molecule has 0 amide bonds. The SMILES string of the molecule is C=CCOCC1CSC(=S)S1. The Labute approximate surface area is 81.0 Å². The van der Waals surface area contributed by atoms with Crippen molar-refractivity contribution in [1.29, 1.82) is 0 Å². The molecule has 1 aliphatic rings. The molecule has 62 valence electrons. The number of ether oxygens (including phenoxy) is 1. The van der Waals surface area contributed by atoms with Crippen molar-refractivity contribution in [3.63, 3.8) is 0 Å². The Hall–Kier alpha value is 0.490. The van der Waals surface area contributed by atoms with Gasteiger partial charge in [-0.3, -0.25) is 0 Å². The van der Waals surface area contributed by atoms with Gasteiger partial charge in [0.15, 0.2) is 0 Å². The maximum atomic E-state index is 5.30. The van der Waals surface area contributed by atoms with Crippen LogP contribution in [-0.2, 0) is 4.74 Å². The first-order valence-electron chi connectivity index (χ1n) is 3.35. The van der Waals surface area contributed by atoms with Gasteiger partial charge in [0, 0.05) is 11.0 Å². The molecule has 0 aromatic rings. The highest BCUT2D eigenvalue weighted by Gasteiger charge is 2.20. The van der Waals surface area contributed by atoms with Crippen LogP contribution in [-0.4, -0.2) is 27.7 Å². The van der Waals surface area contributed by atoms with Gasteiger partial charge >= 0.3 is 0 Å². The average Bonchev–Trinajstić information content (AvgIpc) is 2.37. The molecule has 1 saturated heterocycles. The quantitative estimate of drug-likeness (QED) is 0.396. The number of hydrogen-bond donors (Lipinski definition) is 0. The molecule has 0 aromatic carbocycles. The number of hydrogen-bond acceptors (Lipinski definition) is 4. The van der Waals surface area contributed by atoms with Gasteiger partial charge in [-0.2, -0.15) is 0 Å². The van der Waals surface area contributed by atoms with Crippen LogP contribution < -0.4 is 0 Å². The largest absolute Gasteiger partial charge is 0.376 e. The van der Waals surface area contributed by atoms with Crippen molar-refractivity contribution < 1.29 is 4.74 Å². The zero-order chi connectivity index (χ0) is 8.10. The Morgan fingerprint density at radius 2 is 2.64 bits per heavy atom. The van der Waals surface area contributed by atoms with Crippen molar-refractivity contribution in [2.75, 3.05) is 19.0 Å². The van der Waals surface area contributed by atoms with E-state index in [2.05, 4.69) is 6.58 Å². The van der Waals surface area contributed by atoms with Crippen molar-refractivity contribution in [1.82, 2.24) is 0 Å². The minimum absolute atomic E-state index is 0.562. The summed E-state index contributed by atoms with van der Waals surface area (Å²) in [7, 11) is 0. The average molecular weight is 206 g/mol. The van der Waals surface area contributed by atoms with Gasteiger partial charge in [0.25, 0.3) is 0 Å². The molecule has 0 spiro atoms. The minimum Gasteiger partial charge on any atom is -0.376 e. The van der Waals surface area contributed by atoms with E-state index in [1.54, 1.807) is 29.6 Å². The van der Waals surface area contributed by atoms with E-state index >= 15 is 0 Å². The Kier molecular flexibility index (Phi) is 4.52. The third-order valence-corrected chi connectivity index (χ3v) is 4.32. The molecule has 1 nitrogen and oxygen atoms in total. The van der Waals surface area contributed by atoms with Crippen molar-refractivity contribution in [3.8, 4) is 0 Å². The molecule has 4 heteroatoms. The van der Waals surface area contributed by atoms with E-state index in [4.69, 9.17) is 17.0 Å². The number of thioether (sulfide) groups is 2. The molecule has 0 N–H and O–H groups in total. The molecule has 11 heavy (non-hydrogen) atoms. The lowest BCUT2D eigenvalue weighted by atomic mass is 10.5. The lowest BCUT2D eigenvalue weighted by Gasteiger charge is -2.05. The Morgan fingerprint density at radius 1 is 1.82 bits per heavy atom. The first-order chi connectivity index (χ1) is 5.33. The fraction of sp³-hybridized carbons (Fsp3) is 0.571. The molecule has 1 heterocycles. The van der Waals surface area contributed by atoms with Crippen LogP contribution in [0.25, 0.3) is 0 Å². The van der Waals surface area contributed by atoms with Gasteiger partial charge in [0.05, 0.1) is 13.2 Å². The first kappa shape index (κ1) is 9.58. The summed E-state index contributed by atoms with van der Waals surface area (Å²) in [6.07, 6.45) is 1.77. The number of rotatable bonds is 4. The highest BCUT2D eigenvalue weighted by Crippen LogP contribution is 2.32. The molecular formula is C7H10OS3. The summed E-state index contributed by atoms with van der Waals surface area (Å²) in [6.45, 7) is 5.02. The normalized spacial score (nSPS) is 24.0. The molecule has 1 rings (SSSR count). The van der Waals surface area contributed by atoms with Crippen LogP contribution in [0.1, 0.15) is 0 Å². The Morgan fingerprint density at radius 3 is 3.18 bits per heavy atom. The summed E-state index contributed by atoms with van der Waals surface area (Å²) in [4.78, 5) is 0. The van der Waals surface area contributed by atoms with E-state index < -0.39 is 0 Å². The molecule has 0 aliphatic carbocycles. The second-order valence-electron chi connectivity index (χ2n) is 2.13. The highest BCUT2D eigenvalue weighted by molar-refractivity contribution is 8.49. The topological polar surface area (TPSA) is 9.23 Å². The van der Waals surface area contributed by atoms with Gasteiger partial charge in [-0.1, -0.05) is 18.3 Å². The van der Waals surface area contributed by atoms with Gasteiger partial charge in [-0.05, 0) is 0 Å². The summed E-state index contributed by atoms with van der Waals surface area (Å²) in [5.41, 5.74) is 0. The lowest BCUT2D eigenvalue weighted by Crippen LogP contribution is -2.11. The summed E-state index contributed by atoms with van der Waals surface area (Å²) in [5.74, 6) is 1.10. The van der Waals surface area contributed by atoms with E-state index in [-0.39, 0.29) is 0 Å². The Bertz CT molecular complexity index is 158. The van der Waals surface area contributed by atoms with Gasteiger partial charge in [0.2, 0.25) is 0 Å². The molecule has 0 aromatic heterocycles. The van der Waals surface area contributed by atoms with Gasteiger partial charge < -0.3 is 4.74 Å². The Balaban J connectivity index is 2.08. The van der Waals surface area contributed by atoms with E-state index in [1.807, 2.05) is 0 Å². The summed E-state index contributed by atoms with van der Waals surface area (Å²) < 4.78 is 6.36. The fourth-order valence-corrected chi connectivity index (χ4v) is 3.56. The summed E-state index contributed by atoms with van der Waals surface area (Å²) in [6, 6.07) is 0. The van der Waals surface area contributed by atoms with E-state index in [0.717, 1.165) is 15.9 Å². The maximum absolute atomic E-state index is 5.30. The predicted octanol–water partition coefficient (Wildman–Crippen LogP) is 2.32. The minimum atomic E-state index is 0.562. The zero-order valence-electron chi connectivity index (χ0n) is 6.12. The van der Waals surface area contributed by atoms with E-state index in [1.165, 1.54) is 0 Å². The molecule has 1 unspecified atom stereocenters. The lowest BCUT2D eigenvalue weighted by molar-refractivity contribution is 0.167. The second kappa shape index (κ2) is 5.19. The van der Waals surface area contributed by atoms with Gasteiger partial charge in [0.1, 0.15) is 3.53 Å². The van der Waals surface area contributed by atoms with Crippen LogP contribution in [0.4, 0.5) is 0 Å². The molecule has 1 atom stereocenters. The standard InChI is InChI=1S/C7H10OS3/c1-2-3-8-4-6-5-10-7(9)11-6/h2,6H,1,3-5H2. The van der Waals surface area contributed by atoms with Crippen LogP contribution in [0.15, 0.2) is 12.7 Å². The second-order valence-corrected chi connectivity index (χ2v) is 5.65. The van der Waals surface area contributed by atoms with Crippen molar-refractivity contribution in [2.45, 2.75) is 5.25 Å². The molecule has 0 radical (unpaired) electrons. The summed E-state index contributed by atoms with van der Waals surface area (Å²) in [5, 5.41) is 0.562. The van der Waals surface area contributed by atoms with Crippen LogP contribution >= 0.6 is 35.7 Å². The van der Waals surface area contributed by atoms with Crippen LogP contribution in [0, 0.1) is 0 Å². The van der Waals surface area contributed by atoms with Crippen molar-refractivity contribution in [2.24, 2.45) is 0 Å². The molecule has 0 bridgehead atoms. The third kappa shape index (κ3) is 3.60. The van der Waals surface area contributed by atoms with Gasteiger partial charge in [-0.25, -0.2) is 0 Å². The third-order valence-electron chi connectivity index (χ3n) is 1.19. The van der Waals surface area contributed by atoms with Crippen molar-refractivity contribution in [3.05, 3.63) is 12.7 Å². The number of thiocarbonyl (C=S) groups is 1. The van der Waals surface area contributed by atoms with Crippen molar-refractivity contribution >= 4 is 39.3 Å². The first-order valence-corrected chi connectivity index (χ1v) is 5.62. The fourth-order valence-electron chi connectivity index (χ4n) is 0.730. The molecular weight excluding hydrogens is 196 g/mol. The van der Waals surface area contributed by atoms with E-state index in [0.29, 0.717) is 11.9 Å². The van der Waals surface area contributed by atoms with Gasteiger partial charge in [-0.15, -0.1) is 30.1 Å². The van der Waals surface area contributed by atoms with Crippen LogP contribution in [0.2, 0.25) is 0 Å². The van der Waals surface area contributed by atoms with Crippen LogP contribution in [0.3, 0.4) is 0 Å². The smallest absolute Gasteiger partial charge is 0.104 e.